The van der Waals surface area contributed by atoms with Crippen molar-refractivity contribution >= 4 is 22.6 Å². The first-order valence-electron chi connectivity index (χ1n) is 4.86. The first kappa shape index (κ1) is 11.9. The molecular formula is C9H15N3O2S. The van der Waals surface area contributed by atoms with Crippen LogP contribution in [0.5, 0.6) is 0 Å². The normalized spacial score (nSPS) is 12.8. The van der Waals surface area contributed by atoms with E-state index in [1.54, 1.807) is 0 Å². The molecule has 0 bridgehead atoms. The SMILES string of the molecule is CCc1nsc(N[C@H](C(=O)O)C(C)C)n1. The molecule has 1 rings (SSSR count). The van der Waals surface area contributed by atoms with Gasteiger partial charge in [-0.15, -0.1) is 0 Å². The van der Waals surface area contributed by atoms with Crippen LogP contribution in [0.2, 0.25) is 0 Å². The number of nitrogens with one attached hydrogen (secondary N) is 1. The van der Waals surface area contributed by atoms with Gasteiger partial charge < -0.3 is 10.4 Å². The Hall–Kier alpha value is -1.17. The van der Waals surface area contributed by atoms with Crippen molar-refractivity contribution in [2.45, 2.75) is 33.2 Å². The topological polar surface area (TPSA) is 75.1 Å². The van der Waals surface area contributed by atoms with Crippen LogP contribution in [0.4, 0.5) is 5.13 Å². The molecule has 0 spiro atoms. The number of aromatic nitrogens is 2. The van der Waals surface area contributed by atoms with Gasteiger partial charge in [-0.2, -0.15) is 4.37 Å². The lowest BCUT2D eigenvalue weighted by atomic mass is 10.1. The van der Waals surface area contributed by atoms with Crippen molar-refractivity contribution in [2.24, 2.45) is 5.92 Å². The molecule has 0 radical (unpaired) electrons. The molecule has 84 valence electrons. The molecule has 1 aromatic heterocycles. The molecule has 1 atom stereocenters. The minimum absolute atomic E-state index is 0.0106. The standard InChI is InChI=1S/C9H15N3O2S/c1-4-6-10-9(15-12-6)11-7(5(2)3)8(13)14/h5,7H,4H2,1-3H3,(H,13,14)(H,10,11,12)/t7-/m0/s1. The number of nitrogens with zero attached hydrogens (tertiary/aromatic N) is 2. The van der Waals surface area contributed by atoms with Crippen LogP contribution < -0.4 is 5.32 Å². The third-order valence-electron chi connectivity index (χ3n) is 2.00. The van der Waals surface area contributed by atoms with Gasteiger partial charge in [-0.3, -0.25) is 0 Å². The zero-order valence-corrected chi connectivity index (χ0v) is 9.84. The molecule has 15 heavy (non-hydrogen) atoms. The van der Waals surface area contributed by atoms with Crippen LogP contribution in [-0.4, -0.2) is 26.5 Å². The largest absolute Gasteiger partial charge is 0.480 e. The molecule has 0 aliphatic carbocycles. The third kappa shape index (κ3) is 3.16. The van der Waals surface area contributed by atoms with Crippen molar-refractivity contribution in [1.82, 2.24) is 9.36 Å². The Morgan fingerprint density at radius 3 is 2.67 bits per heavy atom. The number of carboxylic acids is 1. The summed E-state index contributed by atoms with van der Waals surface area (Å²) in [6, 6.07) is -0.609. The maximum absolute atomic E-state index is 10.9. The van der Waals surface area contributed by atoms with Crippen LogP contribution in [0.25, 0.3) is 0 Å². The Balaban J connectivity index is 2.69. The molecule has 6 heteroatoms. The Labute approximate surface area is 92.7 Å². The fourth-order valence-electron chi connectivity index (χ4n) is 1.10. The summed E-state index contributed by atoms with van der Waals surface area (Å²) < 4.78 is 4.08. The second-order valence-corrected chi connectivity index (χ2v) is 4.33. The highest BCUT2D eigenvalue weighted by Gasteiger charge is 2.22. The molecule has 0 amide bonds. The van der Waals surface area contributed by atoms with Gasteiger partial charge in [0.15, 0.2) is 0 Å². The molecule has 0 aliphatic heterocycles. The van der Waals surface area contributed by atoms with E-state index in [2.05, 4.69) is 14.7 Å². The number of aryl methyl sites for hydroxylation is 1. The average Bonchev–Trinajstić information content (AvgIpc) is 2.60. The number of carboxylic acid groups (broad SMARTS) is 1. The lowest BCUT2D eigenvalue weighted by Gasteiger charge is -2.16. The monoisotopic (exact) mass is 229 g/mol. The Morgan fingerprint density at radius 1 is 1.60 bits per heavy atom. The minimum Gasteiger partial charge on any atom is -0.480 e. The Morgan fingerprint density at radius 2 is 2.27 bits per heavy atom. The summed E-state index contributed by atoms with van der Waals surface area (Å²) in [6.07, 6.45) is 0.762. The molecular weight excluding hydrogens is 214 g/mol. The molecule has 1 heterocycles. The van der Waals surface area contributed by atoms with Gasteiger partial charge in [0, 0.05) is 18.0 Å². The highest BCUT2D eigenvalue weighted by molar-refractivity contribution is 7.09. The highest BCUT2D eigenvalue weighted by Crippen LogP contribution is 2.15. The quantitative estimate of drug-likeness (QED) is 0.802. The van der Waals surface area contributed by atoms with Crippen molar-refractivity contribution in [3.05, 3.63) is 5.82 Å². The van der Waals surface area contributed by atoms with Crippen LogP contribution >= 0.6 is 11.5 Å². The van der Waals surface area contributed by atoms with E-state index in [1.807, 2.05) is 20.8 Å². The first-order chi connectivity index (χ1) is 7.04. The summed E-state index contributed by atoms with van der Waals surface area (Å²) >= 11 is 1.20. The molecule has 0 fully saturated rings. The number of anilines is 1. The maximum Gasteiger partial charge on any atom is 0.326 e. The first-order valence-corrected chi connectivity index (χ1v) is 5.63. The number of rotatable bonds is 5. The van der Waals surface area contributed by atoms with Crippen LogP contribution in [0.1, 0.15) is 26.6 Å². The summed E-state index contributed by atoms with van der Waals surface area (Å²) in [5.41, 5.74) is 0. The van der Waals surface area contributed by atoms with Crippen molar-refractivity contribution < 1.29 is 9.90 Å². The van der Waals surface area contributed by atoms with E-state index in [-0.39, 0.29) is 5.92 Å². The van der Waals surface area contributed by atoms with Gasteiger partial charge in [-0.25, -0.2) is 9.78 Å². The Kier molecular flexibility index (Phi) is 4.02. The highest BCUT2D eigenvalue weighted by atomic mass is 32.1. The summed E-state index contributed by atoms with van der Waals surface area (Å²) in [6.45, 7) is 5.67. The van der Waals surface area contributed by atoms with Crippen LogP contribution in [0.15, 0.2) is 0 Å². The molecule has 0 aliphatic rings. The van der Waals surface area contributed by atoms with Gasteiger partial charge in [0.05, 0.1) is 0 Å². The Bertz CT molecular complexity index is 338. The summed E-state index contributed by atoms with van der Waals surface area (Å²) in [5.74, 6) is -0.106. The zero-order valence-electron chi connectivity index (χ0n) is 9.02. The molecule has 5 nitrogen and oxygen atoms in total. The van der Waals surface area contributed by atoms with E-state index in [0.29, 0.717) is 5.13 Å². The van der Waals surface area contributed by atoms with Crippen LogP contribution in [0.3, 0.4) is 0 Å². The number of hydrogen-bond acceptors (Lipinski definition) is 5. The van der Waals surface area contributed by atoms with E-state index in [4.69, 9.17) is 5.11 Å². The second-order valence-electron chi connectivity index (χ2n) is 3.57. The van der Waals surface area contributed by atoms with Gasteiger partial charge in [0.1, 0.15) is 11.9 Å². The molecule has 0 saturated heterocycles. The zero-order chi connectivity index (χ0) is 11.4. The van der Waals surface area contributed by atoms with Gasteiger partial charge >= 0.3 is 5.97 Å². The second kappa shape index (κ2) is 5.06. The van der Waals surface area contributed by atoms with Crippen molar-refractivity contribution in [2.75, 3.05) is 5.32 Å². The predicted molar refractivity (Wildman–Crippen MR) is 59.2 cm³/mol. The van der Waals surface area contributed by atoms with Crippen molar-refractivity contribution in [3.63, 3.8) is 0 Å². The lowest BCUT2D eigenvalue weighted by molar-refractivity contribution is -0.138. The maximum atomic E-state index is 10.9. The summed E-state index contributed by atoms with van der Waals surface area (Å²) in [5, 5.41) is 12.4. The van der Waals surface area contributed by atoms with Gasteiger partial charge in [-0.1, -0.05) is 20.8 Å². The molecule has 2 N–H and O–H groups in total. The predicted octanol–water partition coefficient (Wildman–Crippen LogP) is 1.62. The smallest absolute Gasteiger partial charge is 0.326 e. The minimum atomic E-state index is -0.863. The fraction of sp³-hybridized carbons (Fsp3) is 0.667. The van der Waals surface area contributed by atoms with Crippen molar-refractivity contribution in [3.8, 4) is 0 Å². The number of aliphatic carboxylic acids is 1. The number of carbonyl (C=O) groups is 1. The average molecular weight is 229 g/mol. The molecule has 0 unspecified atom stereocenters. The van der Waals surface area contributed by atoms with Gasteiger partial charge in [-0.05, 0) is 5.92 Å². The van der Waals surface area contributed by atoms with Crippen LogP contribution in [0, 0.1) is 5.92 Å². The fourth-order valence-corrected chi connectivity index (χ4v) is 1.79. The van der Waals surface area contributed by atoms with E-state index in [9.17, 15) is 4.79 Å². The van der Waals surface area contributed by atoms with Crippen molar-refractivity contribution in [1.29, 1.82) is 0 Å². The van der Waals surface area contributed by atoms with Crippen LogP contribution in [-0.2, 0) is 11.2 Å². The molecule has 0 aromatic carbocycles. The third-order valence-corrected chi connectivity index (χ3v) is 2.68. The summed E-state index contributed by atoms with van der Waals surface area (Å²) in [4.78, 5) is 15.1. The molecule has 0 saturated carbocycles. The van der Waals surface area contributed by atoms with Gasteiger partial charge in [0.2, 0.25) is 5.13 Å². The van der Waals surface area contributed by atoms with E-state index < -0.39 is 12.0 Å². The lowest BCUT2D eigenvalue weighted by Crippen LogP contribution is -2.34. The van der Waals surface area contributed by atoms with E-state index >= 15 is 0 Å². The van der Waals surface area contributed by atoms with Gasteiger partial charge in [0.25, 0.3) is 0 Å². The summed E-state index contributed by atoms with van der Waals surface area (Å²) in [7, 11) is 0. The van der Waals surface area contributed by atoms with E-state index in [0.717, 1.165) is 12.2 Å². The molecule has 1 aromatic rings. The number of hydrogen-bond donors (Lipinski definition) is 2. The van der Waals surface area contributed by atoms with E-state index in [1.165, 1.54) is 11.5 Å².